The summed E-state index contributed by atoms with van der Waals surface area (Å²) in [5.74, 6) is 0. The monoisotopic (exact) mass is 365 g/mol. The molecule has 0 aliphatic carbocycles. The number of aromatic amines is 1. The van der Waals surface area contributed by atoms with E-state index in [1.165, 1.54) is 6.08 Å². The summed E-state index contributed by atoms with van der Waals surface area (Å²) in [4.78, 5) is 3.13. The lowest BCUT2D eigenvalue weighted by Crippen LogP contribution is -2.41. The Hall–Kier alpha value is -1.11. The minimum Gasteiger partial charge on any atom is -0.398 e. The van der Waals surface area contributed by atoms with Gasteiger partial charge < -0.3 is 14.3 Å². The fraction of sp³-hybridized carbons (Fsp3) is 0.375. The lowest BCUT2D eigenvalue weighted by atomic mass is 9.87. The molecule has 1 aliphatic heterocycles. The molecule has 2 aromatic rings. The second kappa shape index (κ2) is 5.22. The van der Waals surface area contributed by atoms with Crippen molar-refractivity contribution in [1.29, 1.82) is 0 Å². The van der Waals surface area contributed by atoms with Crippen molar-refractivity contribution in [3.63, 3.8) is 0 Å². The predicted octanol–water partition coefficient (Wildman–Crippen LogP) is 4.87. The van der Waals surface area contributed by atoms with Gasteiger partial charge in [-0.3, -0.25) is 0 Å². The first-order valence-electron chi connectivity index (χ1n) is 7.19. The van der Waals surface area contributed by atoms with Crippen LogP contribution in [0.25, 0.3) is 17.0 Å². The molecule has 22 heavy (non-hydrogen) atoms. The molecule has 1 aromatic heterocycles. The Morgan fingerprint density at radius 3 is 2.50 bits per heavy atom. The maximum absolute atomic E-state index is 14.6. The minimum atomic E-state index is -0.970. The van der Waals surface area contributed by atoms with Gasteiger partial charge in [0.25, 0.3) is 0 Å². The maximum atomic E-state index is 14.6. The summed E-state index contributed by atoms with van der Waals surface area (Å²) in [5.41, 5.74) is 0.192. The van der Waals surface area contributed by atoms with Crippen LogP contribution in [0.15, 0.2) is 34.6 Å². The van der Waals surface area contributed by atoms with Gasteiger partial charge in [-0.1, -0.05) is 15.9 Å². The first-order valence-corrected chi connectivity index (χ1v) is 7.98. The normalized spacial score (nSPS) is 20.8. The number of nitrogens with one attached hydrogen (secondary N) is 1. The van der Waals surface area contributed by atoms with Crippen LogP contribution in [0.5, 0.6) is 0 Å². The number of halogens is 2. The average molecular weight is 366 g/mol. The molecule has 0 radical (unpaired) electrons. The van der Waals surface area contributed by atoms with Gasteiger partial charge in [0.1, 0.15) is 5.73 Å². The van der Waals surface area contributed by atoms with E-state index in [1.54, 1.807) is 6.20 Å². The van der Waals surface area contributed by atoms with Crippen LogP contribution in [-0.2, 0) is 9.31 Å². The molecule has 6 heteroatoms. The largest absolute Gasteiger partial charge is 0.525 e. The number of hydrogen-bond donors (Lipinski definition) is 1. The predicted molar refractivity (Wildman–Crippen MR) is 91.2 cm³/mol. The third kappa shape index (κ3) is 2.64. The molecule has 0 unspecified atom stereocenters. The maximum Gasteiger partial charge on any atom is 0.525 e. The molecule has 0 spiro atoms. The van der Waals surface area contributed by atoms with E-state index in [0.717, 1.165) is 20.9 Å². The van der Waals surface area contributed by atoms with Gasteiger partial charge in [-0.05, 0) is 52.0 Å². The molecular weight excluding hydrogens is 348 g/mol. The van der Waals surface area contributed by atoms with E-state index in [9.17, 15) is 4.39 Å². The molecule has 0 bridgehead atoms. The summed E-state index contributed by atoms with van der Waals surface area (Å²) >= 11 is 3.44. The quantitative estimate of drug-likeness (QED) is 0.770. The summed E-state index contributed by atoms with van der Waals surface area (Å²) in [6.07, 6.45) is 3.25. The fourth-order valence-electron chi connectivity index (χ4n) is 2.41. The van der Waals surface area contributed by atoms with Crippen LogP contribution in [0.3, 0.4) is 0 Å². The Kier molecular flexibility index (Phi) is 3.74. The summed E-state index contributed by atoms with van der Waals surface area (Å²) < 4.78 is 27.0. The van der Waals surface area contributed by atoms with E-state index in [1.807, 2.05) is 45.9 Å². The molecule has 3 nitrogen and oxygen atoms in total. The van der Waals surface area contributed by atoms with Crippen LogP contribution in [0, 0.1) is 0 Å². The summed E-state index contributed by atoms with van der Waals surface area (Å²) in [6, 6.07) is 5.84. The molecule has 1 saturated heterocycles. The highest BCUT2D eigenvalue weighted by Gasteiger charge is 2.53. The third-order valence-electron chi connectivity index (χ3n) is 4.45. The molecule has 1 aromatic carbocycles. The van der Waals surface area contributed by atoms with Crippen molar-refractivity contribution in [2.45, 2.75) is 38.9 Å². The van der Waals surface area contributed by atoms with E-state index in [0.29, 0.717) is 0 Å². The van der Waals surface area contributed by atoms with E-state index in [-0.39, 0.29) is 0 Å². The van der Waals surface area contributed by atoms with E-state index in [4.69, 9.17) is 9.31 Å². The molecule has 2 heterocycles. The van der Waals surface area contributed by atoms with Gasteiger partial charge >= 0.3 is 7.12 Å². The standard InChI is InChI=1S/C16H18BBrFNO2/c1-15(2)16(3,4)22-17(21-15)14(19)7-10-9-20-13-6-5-11(18)8-12(10)13/h5-9,20H,1-4H3. The Morgan fingerprint density at radius 1 is 1.23 bits per heavy atom. The molecule has 3 rings (SSSR count). The van der Waals surface area contributed by atoms with Crippen molar-refractivity contribution < 1.29 is 13.7 Å². The lowest BCUT2D eigenvalue weighted by molar-refractivity contribution is 0.00578. The number of rotatable bonds is 2. The second-order valence-corrected chi connectivity index (χ2v) is 7.47. The van der Waals surface area contributed by atoms with E-state index >= 15 is 0 Å². The van der Waals surface area contributed by atoms with Gasteiger partial charge in [0, 0.05) is 27.1 Å². The second-order valence-electron chi connectivity index (χ2n) is 6.55. The van der Waals surface area contributed by atoms with Crippen LogP contribution in [-0.4, -0.2) is 23.3 Å². The zero-order valence-electron chi connectivity index (χ0n) is 13.0. The van der Waals surface area contributed by atoms with Gasteiger partial charge in [0.2, 0.25) is 0 Å². The number of H-pyrrole nitrogens is 1. The number of benzene rings is 1. The van der Waals surface area contributed by atoms with Gasteiger partial charge in [-0.15, -0.1) is 0 Å². The SMILES string of the molecule is CC1(C)OB(C(F)=Cc2c[nH]c3ccc(Br)cc23)OC1(C)C. The summed E-state index contributed by atoms with van der Waals surface area (Å²) in [5, 5.41) is 0.945. The summed E-state index contributed by atoms with van der Waals surface area (Å²) in [6.45, 7) is 7.62. The molecule has 0 amide bonds. The zero-order chi connectivity index (χ0) is 16.1. The fourth-order valence-corrected chi connectivity index (χ4v) is 2.77. The molecule has 116 valence electrons. The highest BCUT2D eigenvalue weighted by molar-refractivity contribution is 9.10. The van der Waals surface area contributed by atoms with Gasteiger partial charge in [-0.25, -0.2) is 4.39 Å². The number of fused-ring (bicyclic) bond motifs is 1. The van der Waals surface area contributed by atoms with Crippen LogP contribution in [0.4, 0.5) is 4.39 Å². The number of aromatic nitrogens is 1. The molecule has 0 atom stereocenters. The minimum absolute atomic E-state index is 0.431. The highest BCUT2D eigenvalue weighted by Crippen LogP contribution is 2.39. The van der Waals surface area contributed by atoms with Crippen LogP contribution >= 0.6 is 15.9 Å². The van der Waals surface area contributed by atoms with Crippen molar-refractivity contribution >= 4 is 40.0 Å². The lowest BCUT2D eigenvalue weighted by Gasteiger charge is -2.32. The van der Waals surface area contributed by atoms with Crippen LogP contribution in [0.1, 0.15) is 33.3 Å². The molecule has 1 N–H and O–H groups in total. The third-order valence-corrected chi connectivity index (χ3v) is 4.94. The Bertz CT molecular complexity index is 738. The first kappa shape index (κ1) is 15.8. The van der Waals surface area contributed by atoms with Crippen molar-refractivity contribution in [2.24, 2.45) is 0 Å². The van der Waals surface area contributed by atoms with Crippen molar-refractivity contribution in [2.75, 3.05) is 0 Å². The van der Waals surface area contributed by atoms with Crippen molar-refractivity contribution in [1.82, 2.24) is 4.98 Å². The van der Waals surface area contributed by atoms with Gasteiger partial charge in [0.15, 0.2) is 0 Å². The van der Waals surface area contributed by atoms with Crippen LogP contribution < -0.4 is 0 Å². The zero-order valence-corrected chi connectivity index (χ0v) is 14.6. The topological polar surface area (TPSA) is 34.2 Å². The Labute approximate surface area is 138 Å². The Morgan fingerprint density at radius 2 is 1.86 bits per heavy atom. The molecule has 1 fully saturated rings. The highest BCUT2D eigenvalue weighted by atomic mass is 79.9. The number of hydrogen-bond acceptors (Lipinski definition) is 2. The van der Waals surface area contributed by atoms with Crippen molar-refractivity contribution in [3.8, 4) is 0 Å². The van der Waals surface area contributed by atoms with Crippen molar-refractivity contribution in [3.05, 3.63) is 40.2 Å². The molecule has 0 saturated carbocycles. The van der Waals surface area contributed by atoms with Gasteiger partial charge in [-0.2, -0.15) is 0 Å². The van der Waals surface area contributed by atoms with E-state index < -0.39 is 24.0 Å². The smallest absolute Gasteiger partial charge is 0.398 e. The first-order chi connectivity index (χ1) is 10.2. The Balaban J connectivity index is 1.93. The summed E-state index contributed by atoms with van der Waals surface area (Å²) in [7, 11) is -0.970. The molecular formula is C16H18BBrFNO2. The van der Waals surface area contributed by atoms with Gasteiger partial charge in [0.05, 0.1) is 11.2 Å². The van der Waals surface area contributed by atoms with Crippen LogP contribution in [0.2, 0.25) is 0 Å². The molecule has 1 aliphatic rings. The van der Waals surface area contributed by atoms with E-state index in [2.05, 4.69) is 20.9 Å². The average Bonchev–Trinajstić information content (AvgIpc) is 2.89.